The summed E-state index contributed by atoms with van der Waals surface area (Å²) in [4.78, 5) is 8.48. The van der Waals surface area contributed by atoms with E-state index in [9.17, 15) is 0 Å². The Bertz CT molecular complexity index is 543. The fourth-order valence-corrected chi connectivity index (χ4v) is 1.59. The van der Waals surface area contributed by atoms with E-state index in [1.54, 1.807) is 13.2 Å². The van der Waals surface area contributed by atoms with Crippen LogP contribution in [0.3, 0.4) is 0 Å². The number of hydrogen-bond acceptors (Lipinski definition) is 6. The van der Waals surface area contributed by atoms with E-state index < -0.39 is 0 Å². The Morgan fingerprint density at radius 2 is 1.84 bits per heavy atom. The molecule has 0 aliphatic rings. The van der Waals surface area contributed by atoms with Gasteiger partial charge in [-0.3, -0.25) is 0 Å². The number of methoxy groups -OCH3 is 1. The predicted octanol–water partition coefficient (Wildman–Crippen LogP) is 1.66. The number of aryl methyl sites for hydroxylation is 1. The van der Waals surface area contributed by atoms with Crippen LogP contribution in [-0.2, 0) is 6.61 Å². The second-order valence-electron chi connectivity index (χ2n) is 3.92. The first-order chi connectivity index (χ1) is 9.21. The molecule has 1 aromatic carbocycles. The van der Waals surface area contributed by atoms with Gasteiger partial charge in [-0.05, 0) is 31.2 Å². The van der Waals surface area contributed by atoms with Crippen molar-refractivity contribution in [3.8, 4) is 11.5 Å². The monoisotopic (exact) mass is 260 g/mol. The highest BCUT2D eigenvalue weighted by Crippen LogP contribution is 2.18. The lowest BCUT2D eigenvalue weighted by atomic mass is 10.3. The molecule has 0 amide bonds. The lowest BCUT2D eigenvalue weighted by Gasteiger charge is -2.08. The van der Waals surface area contributed by atoms with E-state index >= 15 is 0 Å². The van der Waals surface area contributed by atoms with Crippen molar-refractivity contribution in [1.82, 2.24) is 9.97 Å². The molecule has 6 heteroatoms. The van der Waals surface area contributed by atoms with Crippen molar-refractivity contribution < 1.29 is 9.47 Å². The van der Waals surface area contributed by atoms with Crippen LogP contribution in [0.25, 0.3) is 0 Å². The Hall–Kier alpha value is -2.34. The van der Waals surface area contributed by atoms with Gasteiger partial charge in [-0.2, -0.15) is 0 Å². The highest BCUT2D eigenvalue weighted by molar-refractivity contribution is 5.34. The zero-order valence-electron chi connectivity index (χ0n) is 10.9. The van der Waals surface area contributed by atoms with Gasteiger partial charge in [-0.1, -0.05) is 0 Å². The van der Waals surface area contributed by atoms with Crippen LogP contribution in [-0.4, -0.2) is 17.1 Å². The van der Waals surface area contributed by atoms with Gasteiger partial charge in [0.25, 0.3) is 0 Å². The van der Waals surface area contributed by atoms with Crippen LogP contribution in [0.1, 0.15) is 11.5 Å². The summed E-state index contributed by atoms with van der Waals surface area (Å²) >= 11 is 0. The van der Waals surface area contributed by atoms with Crippen LogP contribution in [0.2, 0.25) is 0 Å². The highest BCUT2D eigenvalue weighted by atomic mass is 16.5. The van der Waals surface area contributed by atoms with E-state index in [1.165, 1.54) is 0 Å². The summed E-state index contributed by atoms with van der Waals surface area (Å²) in [6.07, 6.45) is 0. The van der Waals surface area contributed by atoms with Gasteiger partial charge < -0.3 is 14.9 Å². The Kier molecular flexibility index (Phi) is 4.15. The van der Waals surface area contributed by atoms with Gasteiger partial charge in [0, 0.05) is 11.8 Å². The number of hydrazine groups is 1. The molecule has 3 N–H and O–H groups in total. The van der Waals surface area contributed by atoms with Crippen LogP contribution in [0.4, 0.5) is 5.82 Å². The maximum atomic E-state index is 5.60. The van der Waals surface area contributed by atoms with Crippen molar-refractivity contribution >= 4 is 5.82 Å². The van der Waals surface area contributed by atoms with Crippen molar-refractivity contribution in [2.45, 2.75) is 13.5 Å². The number of aromatic nitrogens is 2. The fraction of sp³-hybridized carbons (Fsp3) is 0.231. The third-order valence-electron chi connectivity index (χ3n) is 2.48. The summed E-state index contributed by atoms with van der Waals surface area (Å²) in [5.41, 5.74) is 3.33. The Morgan fingerprint density at radius 1 is 1.16 bits per heavy atom. The number of nitrogens with one attached hydrogen (secondary N) is 1. The third kappa shape index (κ3) is 3.56. The molecular formula is C13H16N4O2. The smallest absolute Gasteiger partial charge is 0.168 e. The molecule has 0 saturated carbocycles. The normalized spacial score (nSPS) is 10.1. The minimum absolute atomic E-state index is 0.280. The number of rotatable bonds is 5. The summed E-state index contributed by atoms with van der Waals surface area (Å²) in [7, 11) is 1.62. The lowest BCUT2D eigenvalue weighted by molar-refractivity contribution is 0.295. The van der Waals surface area contributed by atoms with E-state index in [-0.39, 0.29) is 6.61 Å². The molecule has 0 unspecified atom stereocenters. The van der Waals surface area contributed by atoms with Gasteiger partial charge in [0.1, 0.15) is 23.9 Å². The number of nitrogens with zero attached hydrogens (tertiary/aromatic N) is 2. The second-order valence-corrected chi connectivity index (χ2v) is 3.92. The molecule has 0 fully saturated rings. The summed E-state index contributed by atoms with van der Waals surface area (Å²) < 4.78 is 10.7. The van der Waals surface area contributed by atoms with Gasteiger partial charge in [-0.15, -0.1) is 0 Å². The summed E-state index contributed by atoms with van der Waals surface area (Å²) in [6.45, 7) is 2.15. The minimum atomic E-state index is 0.280. The highest BCUT2D eigenvalue weighted by Gasteiger charge is 2.03. The maximum Gasteiger partial charge on any atom is 0.168 e. The summed E-state index contributed by atoms with van der Waals surface area (Å²) in [6, 6.07) is 9.09. The molecule has 0 spiro atoms. The molecular weight excluding hydrogens is 244 g/mol. The van der Waals surface area contributed by atoms with E-state index in [2.05, 4.69) is 15.4 Å². The molecule has 2 rings (SSSR count). The van der Waals surface area contributed by atoms with Gasteiger partial charge in [0.2, 0.25) is 0 Å². The van der Waals surface area contributed by atoms with Crippen molar-refractivity contribution in [1.29, 1.82) is 0 Å². The zero-order chi connectivity index (χ0) is 13.7. The molecule has 1 heterocycles. The van der Waals surface area contributed by atoms with Crippen LogP contribution < -0.4 is 20.7 Å². The van der Waals surface area contributed by atoms with E-state index in [1.807, 2.05) is 31.2 Å². The van der Waals surface area contributed by atoms with Crippen molar-refractivity contribution in [3.05, 3.63) is 41.9 Å². The number of nitrogen functional groups attached to an aromatic ring is 1. The third-order valence-corrected chi connectivity index (χ3v) is 2.48. The van der Waals surface area contributed by atoms with Gasteiger partial charge in [0.15, 0.2) is 5.82 Å². The Labute approximate surface area is 111 Å². The number of anilines is 1. The van der Waals surface area contributed by atoms with Crippen molar-refractivity contribution in [2.24, 2.45) is 5.84 Å². The number of hydrogen-bond donors (Lipinski definition) is 2. The van der Waals surface area contributed by atoms with Crippen LogP contribution >= 0.6 is 0 Å². The molecule has 6 nitrogen and oxygen atoms in total. The first kappa shape index (κ1) is 13.1. The molecule has 0 radical (unpaired) electrons. The molecule has 2 aromatic rings. The first-order valence-electron chi connectivity index (χ1n) is 5.79. The molecule has 1 aromatic heterocycles. The number of nitrogens with two attached hydrogens (primary N) is 1. The number of benzene rings is 1. The van der Waals surface area contributed by atoms with E-state index in [4.69, 9.17) is 15.3 Å². The lowest BCUT2D eigenvalue weighted by Crippen LogP contribution is -2.12. The van der Waals surface area contributed by atoms with Crippen LogP contribution in [0, 0.1) is 6.92 Å². The van der Waals surface area contributed by atoms with Crippen LogP contribution in [0.5, 0.6) is 11.5 Å². The van der Waals surface area contributed by atoms with E-state index in [0.717, 1.165) is 17.2 Å². The van der Waals surface area contributed by atoms with Crippen molar-refractivity contribution in [2.75, 3.05) is 12.5 Å². The molecule has 0 aliphatic carbocycles. The zero-order valence-corrected chi connectivity index (χ0v) is 10.9. The minimum Gasteiger partial charge on any atom is -0.497 e. The molecule has 0 aliphatic heterocycles. The van der Waals surface area contributed by atoms with Gasteiger partial charge >= 0.3 is 0 Å². The quantitative estimate of drug-likeness (QED) is 0.628. The van der Waals surface area contributed by atoms with Gasteiger partial charge in [-0.25, -0.2) is 15.8 Å². The number of ether oxygens (including phenoxy) is 2. The predicted molar refractivity (Wildman–Crippen MR) is 71.9 cm³/mol. The molecule has 100 valence electrons. The fourth-order valence-electron chi connectivity index (χ4n) is 1.59. The SMILES string of the molecule is COc1ccc(OCc2nc(C)cc(NN)n2)cc1. The van der Waals surface area contributed by atoms with Crippen molar-refractivity contribution in [3.63, 3.8) is 0 Å². The topological polar surface area (TPSA) is 82.3 Å². The average molecular weight is 260 g/mol. The molecule has 0 bridgehead atoms. The standard InChI is InChI=1S/C13H16N4O2/c1-9-7-12(17-14)16-13(15-9)8-19-11-5-3-10(18-2)4-6-11/h3-7H,8,14H2,1-2H3,(H,15,16,17). The largest absolute Gasteiger partial charge is 0.497 e. The molecule has 0 saturated heterocycles. The Balaban J connectivity index is 2.03. The maximum absolute atomic E-state index is 5.60. The van der Waals surface area contributed by atoms with Crippen LogP contribution in [0.15, 0.2) is 30.3 Å². The first-order valence-corrected chi connectivity index (χ1v) is 5.79. The molecule has 0 atom stereocenters. The second kappa shape index (κ2) is 6.01. The van der Waals surface area contributed by atoms with Gasteiger partial charge in [0.05, 0.1) is 7.11 Å². The summed E-state index contributed by atoms with van der Waals surface area (Å²) in [5.74, 6) is 7.99. The summed E-state index contributed by atoms with van der Waals surface area (Å²) in [5, 5.41) is 0. The van der Waals surface area contributed by atoms with E-state index in [0.29, 0.717) is 11.6 Å². The average Bonchev–Trinajstić information content (AvgIpc) is 2.45. The molecule has 19 heavy (non-hydrogen) atoms. The Morgan fingerprint density at radius 3 is 2.47 bits per heavy atom.